The number of nitrogens with one attached hydrogen (secondary N) is 1. The Morgan fingerprint density at radius 1 is 1.47 bits per heavy atom. The average Bonchev–Trinajstić information content (AvgIpc) is 2.40. The summed E-state index contributed by atoms with van der Waals surface area (Å²) in [5.41, 5.74) is 0. The van der Waals surface area contributed by atoms with E-state index in [1.54, 1.807) is 7.11 Å². The van der Waals surface area contributed by atoms with Gasteiger partial charge in [-0.2, -0.15) is 0 Å². The van der Waals surface area contributed by atoms with Gasteiger partial charge in [-0.05, 0) is 6.92 Å². The highest BCUT2D eigenvalue weighted by molar-refractivity contribution is 6.31. The van der Waals surface area contributed by atoms with Gasteiger partial charge in [0.1, 0.15) is 6.33 Å². The Morgan fingerprint density at radius 2 is 2.21 bits per heavy atom. The molecule has 0 radical (unpaired) electrons. The van der Waals surface area contributed by atoms with E-state index in [1.165, 1.54) is 6.33 Å². The van der Waals surface area contributed by atoms with E-state index in [4.69, 9.17) is 21.1 Å². The Morgan fingerprint density at radius 3 is 2.89 bits per heavy atom. The SMILES string of the molecule is COc1c(Cl)ncnc1NC(C)CN1CCOCC1. The number of anilines is 1. The lowest BCUT2D eigenvalue weighted by molar-refractivity contribution is 0.0368. The van der Waals surface area contributed by atoms with Crippen LogP contribution in [0.25, 0.3) is 0 Å². The average molecular weight is 287 g/mol. The summed E-state index contributed by atoms with van der Waals surface area (Å²) in [4.78, 5) is 10.4. The van der Waals surface area contributed by atoms with Gasteiger partial charge in [-0.15, -0.1) is 0 Å². The van der Waals surface area contributed by atoms with Gasteiger partial charge in [-0.1, -0.05) is 11.6 Å². The largest absolute Gasteiger partial charge is 0.490 e. The normalized spacial score (nSPS) is 18.1. The van der Waals surface area contributed by atoms with Crippen LogP contribution in [0.1, 0.15) is 6.92 Å². The molecule has 0 amide bonds. The fraction of sp³-hybridized carbons (Fsp3) is 0.667. The minimum Gasteiger partial charge on any atom is -0.490 e. The molecule has 7 heteroatoms. The van der Waals surface area contributed by atoms with E-state index in [0.29, 0.717) is 16.7 Å². The van der Waals surface area contributed by atoms with E-state index < -0.39 is 0 Å². The highest BCUT2D eigenvalue weighted by Crippen LogP contribution is 2.28. The van der Waals surface area contributed by atoms with Crippen molar-refractivity contribution in [1.82, 2.24) is 14.9 Å². The van der Waals surface area contributed by atoms with Crippen LogP contribution >= 0.6 is 11.6 Å². The van der Waals surface area contributed by atoms with Crippen molar-refractivity contribution in [3.8, 4) is 5.75 Å². The zero-order valence-corrected chi connectivity index (χ0v) is 12.0. The van der Waals surface area contributed by atoms with Gasteiger partial charge >= 0.3 is 0 Å². The molecule has 2 heterocycles. The van der Waals surface area contributed by atoms with Crippen LogP contribution in [0.15, 0.2) is 6.33 Å². The number of morpholine rings is 1. The maximum atomic E-state index is 5.96. The van der Waals surface area contributed by atoms with Crippen molar-refractivity contribution < 1.29 is 9.47 Å². The quantitative estimate of drug-likeness (QED) is 0.823. The molecule has 1 fully saturated rings. The number of ether oxygens (including phenoxy) is 2. The molecule has 0 spiro atoms. The first-order valence-corrected chi connectivity index (χ1v) is 6.69. The van der Waals surface area contributed by atoms with Crippen LogP contribution < -0.4 is 10.1 Å². The minimum atomic E-state index is 0.234. The monoisotopic (exact) mass is 286 g/mol. The molecule has 1 unspecified atom stereocenters. The first-order chi connectivity index (χ1) is 9.20. The Hall–Kier alpha value is -1.11. The highest BCUT2D eigenvalue weighted by Gasteiger charge is 2.16. The second kappa shape index (κ2) is 6.88. The van der Waals surface area contributed by atoms with Gasteiger partial charge in [0.2, 0.25) is 0 Å². The van der Waals surface area contributed by atoms with Crippen LogP contribution in [-0.2, 0) is 4.74 Å². The van der Waals surface area contributed by atoms with Crippen molar-refractivity contribution in [1.29, 1.82) is 0 Å². The maximum Gasteiger partial charge on any atom is 0.198 e. The van der Waals surface area contributed by atoms with Gasteiger partial charge in [-0.25, -0.2) is 9.97 Å². The number of halogens is 1. The van der Waals surface area contributed by atoms with Crippen molar-refractivity contribution >= 4 is 17.4 Å². The highest BCUT2D eigenvalue weighted by atomic mass is 35.5. The molecule has 1 aromatic rings. The topological polar surface area (TPSA) is 59.5 Å². The van der Waals surface area contributed by atoms with Crippen LogP contribution in [0, 0.1) is 0 Å². The molecule has 0 aliphatic carbocycles. The molecule has 2 rings (SSSR count). The second-order valence-electron chi connectivity index (χ2n) is 4.50. The van der Waals surface area contributed by atoms with Gasteiger partial charge in [0.25, 0.3) is 0 Å². The zero-order valence-electron chi connectivity index (χ0n) is 11.2. The smallest absolute Gasteiger partial charge is 0.198 e. The van der Waals surface area contributed by atoms with E-state index in [2.05, 4.69) is 27.1 Å². The molecule has 6 nitrogen and oxygen atoms in total. The van der Waals surface area contributed by atoms with Gasteiger partial charge in [0.15, 0.2) is 16.7 Å². The fourth-order valence-electron chi connectivity index (χ4n) is 2.09. The number of rotatable bonds is 5. The summed E-state index contributed by atoms with van der Waals surface area (Å²) >= 11 is 5.96. The second-order valence-corrected chi connectivity index (χ2v) is 4.86. The number of nitrogens with zero attached hydrogens (tertiary/aromatic N) is 3. The molecule has 1 aromatic heterocycles. The van der Waals surface area contributed by atoms with Gasteiger partial charge in [0, 0.05) is 25.7 Å². The molecule has 0 saturated carbocycles. The third kappa shape index (κ3) is 3.92. The summed E-state index contributed by atoms with van der Waals surface area (Å²) in [6, 6.07) is 0.234. The van der Waals surface area contributed by atoms with Crippen LogP contribution in [0.4, 0.5) is 5.82 Å². The Kier molecular flexibility index (Phi) is 5.18. The summed E-state index contributed by atoms with van der Waals surface area (Å²) in [5, 5.41) is 3.62. The molecule has 1 aliphatic heterocycles. The van der Waals surface area contributed by atoms with Gasteiger partial charge in [-0.3, -0.25) is 4.90 Å². The molecule has 1 N–H and O–H groups in total. The molecule has 0 aromatic carbocycles. The molecular formula is C12H19ClN4O2. The first kappa shape index (κ1) is 14.3. The summed E-state index contributed by atoms with van der Waals surface area (Å²) in [6.07, 6.45) is 1.43. The van der Waals surface area contributed by atoms with Gasteiger partial charge < -0.3 is 14.8 Å². The standard InChI is InChI=1S/C12H19ClN4O2/c1-9(7-17-3-5-19-6-4-17)16-12-10(18-2)11(13)14-8-15-12/h8-9H,3-7H2,1-2H3,(H,14,15,16). The third-order valence-corrected chi connectivity index (χ3v) is 3.25. The van der Waals surface area contributed by atoms with Crippen molar-refractivity contribution in [3.63, 3.8) is 0 Å². The minimum absolute atomic E-state index is 0.234. The fourth-order valence-corrected chi connectivity index (χ4v) is 2.30. The summed E-state index contributed by atoms with van der Waals surface area (Å²) in [6.45, 7) is 6.56. The van der Waals surface area contributed by atoms with Gasteiger partial charge in [0.05, 0.1) is 20.3 Å². The molecule has 19 heavy (non-hydrogen) atoms. The predicted molar refractivity (Wildman–Crippen MR) is 73.9 cm³/mol. The van der Waals surface area contributed by atoms with E-state index in [0.717, 1.165) is 32.8 Å². The Labute approximate surface area is 118 Å². The van der Waals surface area contributed by atoms with Crippen LogP contribution in [0.2, 0.25) is 5.15 Å². The molecule has 0 bridgehead atoms. The lowest BCUT2D eigenvalue weighted by atomic mass is 10.3. The Balaban J connectivity index is 1.94. The molecular weight excluding hydrogens is 268 g/mol. The number of hydrogen-bond donors (Lipinski definition) is 1. The number of hydrogen-bond acceptors (Lipinski definition) is 6. The molecule has 1 aliphatic rings. The molecule has 1 atom stereocenters. The summed E-state index contributed by atoms with van der Waals surface area (Å²) in [7, 11) is 1.56. The summed E-state index contributed by atoms with van der Waals surface area (Å²) < 4.78 is 10.5. The van der Waals surface area contributed by atoms with E-state index in [1.807, 2.05) is 0 Å². The predicted octanol–water partition coefficient (Wildman–Crippen LogP) is 1.27. The van der Waals surface area contributed by atoms with E-state index in [9.17, 15) is 0 Å². The number of aromatic nitrogens is 2. The Bertz CT molecular complexity index is 413. The van der Waals surface area contributed by atoms with Crippen molar-refractivity contribution in [3.05, 3.63) is 11.5 Å². The van der Waals surface area contributed by atoms with Crippen LogP contribution in [0.5, 0.6) is 5.75 Å². The third-order valence-electron chi connectivity index (χ3n) is 2.98. The lowest BCUT2D eigenvalue weighted by Crippen LogP contribution is -2.42. The van der Waals surface area contributed by atoms with E-state index in [-0.39, 0.29) is 6.04 Å². The molecule has 1 saturated heterocycles. The lowest BCUT2D eigenvalue weighted by Gasteiger charge is -2.29. The van der Waals surface area contributed by atoms with Crippen LogP contribution in [-0.4, -0.2) is 60.9 Å². The zero-order chi connectivity index (χ0) is 13.7. The van der Waals surface area contributed by atoms with Crippen LogP contribution in [0.3, 0.4) is 0 Å². The molecule has 106 valence electrons. The van der Waals surface area contributed by atoms with E-state index >= 15 is 0 Å². The number of methoxy groups -OCH3 is 1. The maximum absolute atomic E-state index is 5.96. The summed E-state index contributed by atoms with van der Waals surface area (Å²) in [5.74, 6) is 1.11. The van der Waals surface area contributed by atoms with Crippen molar-refractivity contribution in [2.24, 2.45) is 0 Å². The first-order valence-electron chi connectivity index (χ1n) is 6.32. The van der Waals surface area contributed by atoms with Crippen molar-refractivity contribution in [2.45, 2.75) is 13.0 Å². The van der Waals surface area contributed by atoms with Crippen molar-refractivity contribution in [2.75, 3.05) is 45.3 Å².